The number of carbonyl (C=O) groups excluding carboxylic acids is 1. The van der Waals surface area contributed by atoms with Crippen LogP contribution in [0.15, 0.2) is 30.5 Å². The number of aromatic nitrogens is 4. The number of nitrogens with zero attached hydrogens (tertiary/aromatic N) is 7. The number of fused-ring (bicyclic) bond motifs is 1. The van der Waals surface area contributed by atoms with E-state index in [-0.39, 0.29) is 5.04 Å². The first-order chi connectivity index (χ1) is 20.7. The number of likely N-dealkylation sites (tertiary alicyclic amines) is 1. The van der Waals surface area contributed by atoms with Crippen LogP contribution in [-0.4, -0.2) is 79.9 Å². The number of halogens is 1. The Morgan fingerprint density at radius 3 is 2.75 bits per heavy atom. The highest BCUT2D eigenvalue weighted by molar-refractivity contribution is 6.74. The van der Waals surface area contributed by atoms with E-state index in [1.54, 1.807) is 12.3 Å². The van der Waals surface area contributed by atoms with Crippen LogP contribution in [0.25, 0.3) is 11.3 Å². The minimum Gasteiger partial charge on any atom is -0.416 e. The second-order valence-corrected chi connectivity index (χ2v) is 19.1. The first kappa shape index (κ1) is 32.2. The summed E-state index contributed by atoms with van der Waals surface area (Å²) in [6.45, 7) is 17.1. The Balaban J connectivity index is 1.47. The predicted molar refractivity (Wildman–Crippen MR) is 179 cm³/mol. The zero-order chi connectivity index (χ0) is 31.9. The van der Waals surface area contributed by atoms with Crippen LogP contribution in [-0.2, 0) is 21.2 Å². The van der Waals surface area contributed by atoms with Crippen LogP contribution in [0.4, 0.5) is 17.5 Å². The first-order valence-electron chi connectivity index (χ1n) is 15.0. The van der Waals surface area contributed by atoms with Crippen LogP contribution in [0.1, 0.15) is 45.2 Å². The summed E-state index contributed by atoms with van der Waals surface area (Å²) in [6.07, 6.45) is 3.58. The third-order valence-electron chi connectivity index (χ3n) is 9.35. The molecule has 0 amide bonds. The fourth-order valence-electron chi connectivity index (χ4n) is 5.80. The van der Waals surface area contributed by atoms with Crippen LogP contribution in [0.3, 0.4) is 0 Å². The van der Waals surface area contributed by atoms with Crippen LogP contribution in [0.2, 0.25) is 23.3 Å². The van der Waals surface area contributed by atoms with Gasteiger partial charge in [0.25, 0.3) is 0 Å². The van der Waals surface area contributed by atoms with Gasteiger partial charge in [0.2, 0.25) is 5.95 Å². The summed E-state index contributed by atoms with van der Waals surface area (Å²) in [7, 11) is 1.58. The maximum Gasteiger partial charge on any atom is 0.329 e. The summed E-state index contributed by atoms with van der Waals surface area (Å²) < 4.78 is 8.59. The highest BCUT2D eigenvalue weighted by Crippen LogP contribution is 2.46. The molecule has 1 saturated heterocycles. The number of rotatable bonds is 10. The van der Waals surface area contributed by atoms with Gasteiger partial charge in [0.15, 0.2) is 13.5 Å². The summed E-state index contributed by atoms with van der Waals surface area (Å²) >= 11 is 6.31. The first-order valence-corrected chi connectivity index (χ1v) is 18.3. The molecule has 231 valence electrons. The van der Waals surface area contributed by atoms with E-state index >= 15 is 0 Å². The molecule has 2 atom stereocenters. The van der Waals surface area contributed by atoms with Crippen molar-refractivity contribution in [2.24, 2.45) is 5.92 Å². The molecule has 2 aliphatic rings. The predicted octanol–water partition coefficient (Wildman–Crippen LogP) is 5.47. The third-order valence-corrected chi connectivity index (χ3v) is 14.0. The number of nitrogens with one attached hydrogen (secondary N) is 1. The fraction of sp³-hybridized carbons (Fsp3) is 0.516. The number of carbonyl (C=O) groups is 1. The van der Waals surface area contributed by atoms with Crippen molar-refractivity contribution < 1.29 is 9.22 Å². The molecule has 5 rings (SSSR count). The Bertz CT molecular complexity index is 1590. The molecule has 1 fully saturated rings. The van der Waals surface area contributed by atoms with E-state index in [1.807, 2.05) is 21.6 Å². The van der Waals surface area contributed by atoms with Gasteiger partial charge in [0.05, 0.1) is 11.3 Å². The van der Waals surface area contributed by atoms with E-state index in [1.165, 1.54) is 7.41 Å². The average molecular weight is 632 g/mol. The average Bonchev–Trinajstić information content (AvgIpc) is 3.62. The van der Waals surface area contributed by atoms with Gasteiger partial charge in [0.1, 0.15) is 18.1 Å². The Hall–Kier alpha value is -3.24. The van der Waals surface area contributed by atoms with Gasteiger partial charge >= 0.3 is 7.41 Å². The van der Waals surface area contributed by atoms with Gasteiger partial charge in [-0.1, -0.05) is 39.3 Å². The molecule has 0 spiro atoms. The highest BCUT2D eigenvalue weighted by atomic mass is 35.5. The lowest BCUT2D eigenvalue weighted by molar-refractivity contribution is 0.219. The van der Waals surface area contributed by atoms with E-state index in [9.17, 15) is 10.1 Å². The lowest BCUT2D eigenvalue weighted by atomic mass is 9.83. The van der Waals surface area contributed by atoms with Gasteiger partial charge in [-0.25, -0.2) is 14.6 Å². The van der Waals surface area contributed by atoms with Crippen molar-refractivity contribution in [3.8, 4) is 17.3 Å². The smallest absolute Gasteiger partial charge is 0.329 e. The number of anilines is 3. The third kappa shape index (κ3) is 6.56. The zero-order valence-electron chi connectivity index (χ0n) is 26.7. The SMILES string of the molecule is CN1CC[C@@H](Cn2nc(Cl)cc2Nc2nccc(-c3cc(C#N)c4c(c3)[C@@](C)(CO[Si](C)(C)C(C)(C)C)CN4[B]C=O)n2)C1. The maximum atomic E-state index is 11.6. The molecule has 4 heterocycles. The van der Waals surface area contributed by atoms with Crippen LogP contribution in [0.5, 0.6) is 0 Å². The van der Waals surface area contributed by atoms with Gasteiger partial charge in [-0.15, -0.1) is 0 Å². The molecule has 3 aromatic rings. The number of hydrogen-bond donors (Lipinski definition) is 1. The number of nitriles is 1. The lowest BCUT2D eigenvalue weighted by Gasteiger charge is -2.39. The van der Waals surface area contributed by atoms with E-state index < -0.39 is 13.7 Å². The second kappa shape index (κ2) is 12.3. The number of benzene rings is 1. The van der Waals surface area contributed by atoms with E-state index in [0.717, 1.165) is 54.9 Å². The highest BCUT2D eigenvalue weighted by Gasteiger charge is 2.44. The van der Waals surface area contributed by atoms with Crippen molar-refractivity contribution in [1.82, 2.24) is 24.6 Å². The Kier molecular flexibility index (Phi) is 8.97. The van der Waals surface area contributed by atoms with Crippen LogP contribution >= 0.6 is 11.6 Å². The standard InChI is InChI=1S/C31H41BClN8O2Si/c1-30(2,3)44(6,7)43-19-31(4)18-40(32-20-42)28-23(15-34)12-22(13-24(28)31)25-8-10-35-29(36-25)37-27-14-26(33)38-41(27)17-21-9-11-39(5)16-21/h8,10,12-14,20-21H,9,11,16-19H2,1-7H3,(H,35,36,37)/t21-,31-/m1/s1. The normalized spacial score (nSPS) is 20.4. The monoisotopic (exact) mass is 631 g/mol. The zero-order valence-corrected chi connectivity index (χ0v) is 28.4. The molecule has 0 unspecified atom stereocenters. The minimum absolute atomic E-state index is 0.0521. The molecule has 10 nitrogen and oxygen atoms in total. The topological polar surface area (TPSA) is 112 Å². The molecular weight excluding hydrogens is 591 g/mol. The Morgan fingerprint density at radius 1 is 1.32 bits per heavy atom. The molecular formula is C31H41BClN8O2Si. The Labute approximate surface area is 267 Å². The van der Waals surface area contributed by atoms with Crippen molar-refractivity contribution in [3.63, 3.8) is 0 Å². The summed E-state index contributed by atoms with van der Waals surface area (Å²) in [4.78, 5) is 25.1. The summed E-state index contributed by atoms with van der Waals surface area (Å²) in [5.41, 5.74) is 3.19. The maximum absolute atomic E-state index is 11.6. The molecule has 44 heavy (non-hydrogen) atoms. The molecule has 0 saturated carbocycles. The van der Waals surface area contributed by atoms with Crippen LogP contribution in [0, 0.1) is 17.2 Å². The molecule has 2 aliphatic heterocycles. The van der Waals surface area contributed by atoms with Gasteiger partial charge in [-0.3, -0.25) is 0 Å². The van der Waals surface area contributed by atoms with E-state index in [2.05, 4.69) is 80.3 Å². The summed E-state index contributed by atoms with van der Waals surface area (Å²) in [6, 6.07) is 9.89. The van der Waals surface area contributed by atoms with Gasteiger partial charge in [-0.2, -0.15) is 10.4 Å². The van der Waals surface area contributed by atoms with Crippen LogP contribution < -0.4 is 10.1 Å². The molecule has 1 radical (unpaired) electrons. The largest absolute Gasteiger partial charge is 0.416 e. The molecule has 0 aliphatic carbocycles. The van der Waals surface area contributed by atoms with Crippen molar-refractivity contribution in [2.45, 2.75) is 64.2 Å². The van der Waals surface area contributed by atoms with E-state index in [0.29, 0.717) is 41.4 Å². The van der Waals surface area contributed by atoms with Crippen molar-refractivity contribution in [3.05, 3.63) is 46.7 Å². The lowest BCUT2D eigenvalue weighted by Crippen LogP contribution is -2.46. The fourth-order valence-corrected chi connectivity index (χ4v) is 7.10. The van der Waals surface area contributed by atoms with E-state index in [4.69, 9.17) is 21.0 Å². The van der Waals surface area contributed by atoms with Gasteiger partial charge in [-0.05, 0) is 67.8 Å². The summed E-state index contributed by atoms with van der Waals surface area (Å²) in [5.74, 6) is 1.62. The molecule has 1 N–H and O–H groups in total. The second-order valence-electron chi connectivity index (χ2n) is 13.9. The number of hydrogen-bond acceptors (Lipinski definition) is 9. The molecule has 2 aromatic heterocycles. The molecule has 1 aromatic carbocycles. The molecule has 13 heteroatoms. The summed E-state index contributed by atoms with van der Waals surface area (Å²) in [5, 5.41) is 18.5. The minimum atomic E-state index is -2.05. The molecule has 0 bridgehead atoms. The Morgan fingerprint density at radius 2 is 2.09 bits per heavy atom. The van der Waals surface area contributed by atoms with Gasteiger partial charge < -0.3 is 24.2 Å². The van der Waals surface area contributed by atoms with Crippen molar-refractivity contribution in [1.29, 1.82) is 5.26 Å². The quantitative estimate of drug-likeness (QED) is 0.230. The van der Waals surface area contributed by atoms with Crippen molar-refractivity contribution >= 4 is 51.0 Å². The van der Waals surface area contributed by atoms with Crippen molar-refractivity contribution in [2.75, 3.05) is 43.4 Å². The van der Waals surface area contributed by atoms with Gasteiger partial charge in [0, 0.05) is 55.2 Å².